The molecule has 1 aromatic carbocycles. The molecule has 126 valence electrons. The Morgan fingerprint density at radius 3 is 2.92 bits per heavy atom. The van der Waals surface area contributed by atoms with Crippen molar-refractivity contribution in [3.05, 3.63) is 35.2 Å². The number of aryl methyl sites for hydroxylation is 2. The monoisotopic (exact) mass is 342 g/mol. The van der Waals surface area contributed by atoms with Crippen LogP contribution in [0.3, 0.4) is 0 Å². The molecule has 1 saturated carbocycles. The highest BCUT2D eigenvalue weighted by molar-refractivity contribution is 7.99. The minimum atomic E-state index is 0.0107. The van der Waals surface area contributed by atoms with Crippen LogP contribution in [-0.2, 0) is 24.2 Å². The van der Waals surface area contributed by atoms with E-state index in [0.29, 0.717) is 11.7 Å². The molecule has 2 aromatic rings. The Morgan fingerprint density at radius 1 is 1.29 bits per heavy atom. The molecule has 1 fully saturated rings. The van der Waals surface area contributed by atoms with Gasteiger partial charge in [0.1, 0.15) is 5.82 Å². The van der Waals surface area contributed by atoms with E-state index in [2.05, 4.69) is 39.1 Å². The van der Waals surface area contributed by atoms with Crippen LogP contribution in [0.4, 0.5) is 5.69 Å². The fraction of sp³-hybridized carbons (Fsp3) is 0.500. The van der Waals surface area contributed by atoms with E-state index in [9.17, 15) is 4.79 Å². The quantitative estimate of drug-likeness (QED) is 0.818. The molecule has 2 aliphatic rings. The molecule has 5 nitrogen and oxygen atoms in total. The third-order valence-electron chi connectivity index (χ3n) is 4.72. The number of aromatic nitrogens is 3. The maximum Gasteiger partial charge on any atom is 0.234 e. The van der Waals surface area contributed by atoms with Gasteiger partial charge in [-0.15, -0.1) is 10.2 Å². The Hall–Kier alpha value is -1.82. The van der Waals surface area contributed by atoms with Crippen molar-refractivity contribution in [2.45, 2.75) is 56.6 Å². The maximum absolute atomic E-state index is 12.2. The van der Waals surface area contributed by atoms with Crippen molar-refractivity contribution in [3.63, 3.8) is 0 Å². The van der Waals surface area contributed by atoms with Gasteiger partial charge in [0.15, 0.2) is 5.16 Å². The largest absolute Gasteiger partial charge is 0.325 e. The van der Waals surface area contributed by atoms with Crippen molar-refractivity contribution < 1.29 is 4.79 Å². The van der Waals surface area contributed by atoms with Crippen molar-refractivity contribution in [2.24, 2.45) is 0 Å². The molecule has 2 aliphatic carbocycles. The van der Waals surface area contributed by atoms with Gasteiger partial charge in [-0.3, -0.25) is 4.79 Å². The lowest BCUT2D eigenvalue weighted by molar-refractivity contribution is -0.113. The van der Waals surface area contributed by atoms with Crippen molar-refractivity contribution >= 4 is 23.4 Å². The lowest BCUT2D eigenvalue weighted by Crippen LogP contribution is -2.15. The first-order chi connectivity index (χ1) is 11.7. The second kappa shape index (κ2) is 6.59. The summed E-state index contributed by atoms with van der Waals surface area (Å²) in [7, 11) is 0. The molecule has 4 rings (SSSR count). The molecule has 0 radical (unpaired) electrons. The first-order valence-electron chi connectivity index (χ1n) is 8.72. The highest BCUT2D eigenvalue weighted by Gasteiger charge is 2.30. The van der Waals surface area contributed by atoms with Crippen LogP contribution >= 0.6 is 11.8 Å². The number of amides is 1. The van der Waals surface area contributed by atoms with E-state index in [1.54, 1.807) is 0 Å². The summed E-state index contributed by atoms with van der Waals surface area (Å²) in [4.78, 5) is 12.2. The minimum absolute atomic E-state index is 0.0107. The number of rotatable bonds is 6. The van der Waals surface area contributed by atoms with Gasteiger partial charge in [0.05, 0.1) is 5.75 Å². The van der Waals surface area contributed by atoms with Gasteiger partial charge in [-0.1, -0.05) is 17.8 Å². The molecule has 1 aromatic heterocycles. The van der Waals surface area contributed by atoms with Gasteiger partial charge in [-0.05, 0) is 62.3 Å². The molecule has 0 spiro atoms. The second-order valence-corrected chi connectivity index (χ2v) is 7.48. The van der Waals surface area contributed by atoms with Crippen LogP contribution in [0.25, 0.3) is 0 Å². The van der Waals surface area contributed by atoms with Gasteiger partial charge >= 0.3 is 0 Å². The van der Waals surface area contributed by atoms with Crippen LogP contribution in [0.5, 0.6) is 0 Å². The fourth-order valence-corrected chi connectivity index (χ4v) is 4.13. The van der Waals surface area contributed by atoms with E-state index in [4.69, 9.17) is 0 Å². The fourth-order valence-electron chi connectivity index (χ4n) is 3.32. The number of fused-ring (bicyclic) bond motifs is 1. The number of anilines is 1. The summed E-state index contributed by atoms with van der Waals surface area (Å²) in [6.45, 7) is 2.96. The summed E-state index contributed by atoms with van der Waals surface area (Å²) in [5.41, 5.74) is 3.70. The Kier molecular flexibility index (Phi) is 4.31. The number of benzene rings is 1. The van der Waals surface area contributed by atoms with Crippen LogP contribution < -0.4 is 5.32 Å². The highest BCUT2D eigenvalue weighted by Crippen LogP contribution is 2.40. The van der Waals surface area contributed by atoms with Gasteiger partial charge in [-0.2, -0.15) is 0 Å². The molecule has 1 N–H and O–H groups in total. The van der Waals surface area contributed by atoms with Crippen LogP contribution in [0.1, 0.15) is 49.1 Å². The predicted molar refractivity (Wildman–Crippen MR) is 95.5 cm³/mol. The molecule has 1 amide bonds. The molecule has 0 bridgehead atoms. The second-order valence-electron chi connectivity index (χ2n) is 6.53. The zero-order chi connectivity index (χ0) is 16.5. The normalized spacial score (nSPS) is 16.2. The standard InChI is InChI=1S/C18H22N4OS/c1-2-22-17(13-6-7-13)20-21-18(22)24-11-16(23)19-15-9-8-12-4-3-5-14(12)10-15/h8-10,13H,2-7,11H2,1H3,(H,19,23). The van der Waals surface area contributed by atoms with Crippen molar-refractivity contribution in [1.82, 2.24) is 14.8 Å². The summed E-state index contributed by atoms with van der Waals surface area (Å²) in [6.07, 6.45) is 5.93. The summed E-state index contributed by atoms with van der Waals surface area (Å²) >= 11 is 1.47. The lowest BCUT2D eigenvalue weighted by Gasteiger charge is -2.08. The Balaban J connectivity index is 1.37. The smallest absolute Gasteiger partial charge is 0.234 e. The van der Waals surface area contributed by atoms with E-state index in [1.165, 1.54) is 42.2 Å². The van der Waals surface area contributed by atoms with E-state index >= 15 is 0 Å². The SMILES string of the molecule is CCn1c(SCC(=O)Nc2ccc3c(c2)CCC3)nnc1C1CC1. The number of carbonyl (C=O) groups excluding carboxylic acids is 1. The Bertz CT molecular complexity index is 766. The van der Waals surface area contributed by atoms with Crippen LogP contribution in [-0.4, -0.2) is 26.4 Å². The number of nitrogens with one attached hydrogen (secondary N) is 1. The molecule has 1 heterocycles. The topological polar surface area (TPSA) is 59.8 Å². The average molecular weight is 342 g/mol. The van der Waals surface area contributed by atoms with E-state index in [1.807, 2.05) is 6.07 Å². The van der Waals surface area contributed by atoms with Gasteiger partial charge in [-0.25, -0.2) is 0 Å². The first-order valence-corrected chi connectivity index (χ1v) is 9.70. The number of nitrogens with zero attached hydrogens (tertiary/aromatic N) is 3. The average Bonchev–Trinajstić information content (AvgIpc) is 3.18. The molecule has 0 unspecified atom stereocenters. The van der Waals surface area contributed by atoms with Crippen LogP contribution in [0.15, 0.2) is 23.4 Å². The maximum atomic E-state index is 12.2. The summed E-state index contributed by atoms with van der Waals surface area (Å²) in [6, 6.07) is 6.26. The summed E-state index contributed by atoms with van der Waals surface area (Å²) < 4.78 is 2.14. The van der Waals surface area contributed by atoms with Gasteiger partial charge in [0.25, 0.3) is 0 Å². The van der Waals surface area contributed by atoms with Gasteiger partial charge < -0.3 is 9.88 Å². The summed E-state index contributed by atoms with van der Waals surface area (Å²) in [5.74, 6) is 2.03. The number of hydrogen-bond donors (Lipinski definition) is 1. The van der Waals surface area contributed by atoms with Gasteiger partial charge in [0, 0.05) is 18.2 Å². The van der Waals surface area contributed by atoms with Crippen LogP contribution in [0, 0.1) is 0 Å². The highest BCUT2D eigenvalue weighted by atomic mass is 32.2. The zero-order valence-corrected chi connectivity index (χ0v) is 14.7. The van der Waals surface area contributed by atoms with Crippen LogP contribution in [0.2, 0.25) is 0 Å². The van der Waals surface area contributed by atoms with E-state index in [-0.39, 0.29) is 5.91 Å². The third kappa shape index (κ3) is 3.20. The zero-order valence-electron chi connectivity index (χ0n) is 13.9. The lowest BCUT2D eigenvalue weighted by atomic mass is 10.1. The van der Waals surface area contributed by atoms with Crippen molar-refractivity contribution in [2.75, 3.05) is 11.1 Å². The number of hydrogen-bond acceptors (Lipinski definition) is 4. The van der Waals surface area contributed by atoms with E-state index in [0.717, 1.165) is 36.1 Å². The van der Waals surface area contributed by atoms with Crippen molar-refractivity contribution in [3.8, 4) is 0 Å². The number of thioether (sulfide) groups is 1. The molecule has 0 aliphatic heterocycles. The van der Waals surface area contributed by atoms with Crippen molar-refractivity contribution in [1.29, 1.82) is 0 Å². The Labute approximate surface area is 146 Å². The van der Waals surface area contributed by atoms with Gasteiger partial charge in [0.2, 0.25) is 5.91 Å². The number of carbonyl (C=O) groups is 1. The molecule has 0 atom stereocenters. The predicted octanol–water partition coefficient (Wildman–Crippen LogP) is 3.39. The Morgan fingerprint density at radius 2 is 2.12 bits per heavy atom. The summed E-state index contributed by atoms with van der Waals surface area (Å²) in [5, 5.41) is 12.4. The molecule has 6 heteroatoms. The molecule has 0 saturated heterocycles. The minimum Gasteiger partial charge on any atom is -0.325 e. The molecule has 24 heavy (non-hydrogen) atoms. The molecular weight excluding hydrogens is 320 g/mol. The van der Waals surface area contributed by atoms with E-state index < -0.39 is 0 Å². The first kappa shape index (κ1) is 15.7. The molecular formula is C18H22N4OS. The third-order valence-corrected chi connectivity index (χ3v) is 5.69.